The Labute approximate surface area is 165 Å². The minimum Gasteiger partial charge on any atom is -0.478 e. The Kier molecular flexibility index (Phi) is 7.03. The number of fused-ring (bicyclic) bond motifs is 1. The van der Waals surface area contributed by atoms with Gasteiger partial charge in [-0.3, -0.25) is 4.79 Å². The van der Waals surface area contributed by atoms with Crippen molar-refractivity contribution in [3.63, 3.8) is 0 Å². The lowest BCUT2D eigenvalue weighted by molar-refractivity contribution is -0.122. The van der Waals surface area contributed by atoms with Crippen LogP contribution in [0.5, 0.6) is 0 Å². The number of carboxylic acids is 1. The van der Waals surface area contributed by atoms with Crippen molar-refractivity contribution in [3.8, 4) is 0 Å². The van der Waals surface area contributed by atoms with E-state index in [1.807, 2.05) is 0 Å². The summed E-state index contributed by atoms with van der Waals surface area (Å²) in [5.74, 6) is 0.0270. The van der Waals surface area contributed by atoms with Crippen LogP contribution in [-0.2, 0) is 11.3 Å². The first-order valence-corrected chi connectivity index (χ1v) is 10.3. The molecule has 2 fully saturated rings. The molecule has 5 N–H and O–H groups in total. The Morgan fingerprint density at radius 3 is 2.50 bits per heavy atom. The maximum absolute atomic E-state index is 11.6. The molecule has 7 heteroatoms. The lowest BCUT2D eigenvalue weighted by atomic mass is 10.0. The van der Waals surface area contributed by atoms with Crippen molar-refractivity contribution >= 4 is 22.9 Å². The van der Waals surface area contributed by atoms with Crippen LogP contribution in [0.25, 0.3) is 11.0 Å². The number of aromatic amines is 1. The second-order valence-corrected chi connectivity index (χ2v) is 7.81. The Bertz CT molecular complexity index is 785. The van der Waals surface area contributed by atoms with Gasteiger partial charge in [0.15, 0.2) is 0 Å². The Balaban J connectivity index is 0.000000161. The molecule has 7 nitrogen and oxygen atoms in total. The topological polar surface area (TPSA) is 121 Å². The molecule has 0 radical (unpaired) electrons. The fraction of sp³-hybridized carbons (Fsp3) is 0.571. The number of carbonyl (C=O) groups excluding carboxylic acids is 1. The molecule has 0 aromatic carbocycles. The second kappa shape index (κ2) is 9.68. The largest absolute Gasteiger partial charge is 0.478 e. The smallest absolute Gasteiger partial charge is 0.337 e. The van der Waals surface area contributed by atoms with Crippen LogP contribution >= 0.6 is 0 Å². The van der Waals surface area contributed by atoms with E-state index in [1.54, 1.807) is 12.3 Å². The number of carbonyl (C=O) groups is 2. The van der Waals surface area contributed by atoms with E-state index >= 15 is 0 Å². The molecule has 0 saturated heterocycles. The highest BCUT2D eigenvalue weighted by atomic mass is 16.4. The van der Waals surface area contributed by atoms with Gasteiger partial charge in [-0.2, -0.15) is 0 Å². The normalized spacial score (nSPS) is 17.5. The van der Waals surface area contributed by atoms with Crippen molar-refractivity contribution in [1.82, 2.24) is 15.3 Å². The fourth-order valence-electron chi connectivity index (χ4n) is 4.30. The number of nitrogens with one attached hydrogen (secondary N) is 2. The Hall–Kier alpha value is -2.41. The zero-order valence-electron chi connectivity index (χ0n) is 16.2. The highest BCUT2D eigenvalue weighted by Crippen LogP contribution is 2.27. The predicted octanol–water partition coefficient (Wildman–Crippen LogP) is 3.35. The average Bonchev–Trinajstić information content (AvgIpc) is 3.43. The van der Waals surface area contributed by atoms with Gasteiger partial charge in [0.2, 0.25) is 5.91 Å². The summed E-state index contributed by atoms with van der Waals surface area (Å²) >= 11 is 0. The number of aromatic carboxylic acids is 1. The molecule has 2 aliphatic carbocycles. The molecule has 2 saturated carbocycles. The van der Waals surface area contributed by atoms with Crippen molar-refractivity contribution in [3.05, 3.63) is 29.6 Å². The van der Waals surface area contributed by atoms with Gasteiger partial charge in [-0.05, 0) is 43.2 Å². The third-order valence-electron chi connectivity index (χ3n) is 5.78. The SMILES string of the molecule is NCc1ccnc2[nH]cc(C(=O)O)c12.O=C(CC1CCCC1)NC1CCCC1. The minimum absolute atomic E-state index is 0.216. The Morgan fingerprint density at radius 2 is 1.86 bits per heavy atom. The first-order valence-electron chi connectivity index (χ1n) is 10.3. The maximum atomic E-state index is 11.6. The lowest BCUT2D eigenvalue weighted by Gasteiger charge is -2.14. The molecule has 2 aliphatic rings. The first-order chi connectivity index (χ1) is 13.6. The summed E-state index contributed by atoms with van der Waals surface area (Å²) in [4.78, 5) is 29.3. The van der Waals surface area contributed by atoms with Crippen molar-refractivity contribution < 1.29 is 14.7 Å². The number of pyridine rings is 1. The molecule has 2 aromatic rings. The third kappa shape index (κ3) is 5.10. The standard InChI is InChI=1S/C12H21NO.C9H9N3O2/c14-12(9-10-5-1-2-6-10)13-11-7-3-4-8-11;10-3-5-1-2-11-8-7(5)6(4-12-8)9(13)14/h10-11H,1-9H2,(H,13,14);1-2,4H,3,10H2,(H,11,12)(H,13,14). The molecule has 0 atom stereocenters. The molecular formula is C21H30N4O3. The van der Waals surface area contributed by atoms with E-state index in [4.69, 9.17) is 10.8 Å². The van der Waals surface area contributed by atoms with Crippen LogP contribution in [-0.4, -0.2) is 33.0 Å². The molecule has 0 aliphatic heterocycles. The van der Waals surface area contributed by atoms with E-state index in [-0.39, 0.29) is 5.56 Å². The fourth-order valence-corrected chi connectivity index (χ4v) is 4.30. The van der Waals surface area contributed by atoms with E-state index in [2.05, 4.69) is 15.3 Å². The van der Waals surface area contributed by atoms with Gasteiger partial charge >= 0.3 is 5.97 Å². The number of hydrogen-bond acceptors (Lipinski definition) is 4. The Morgan fingerprint density at radius 1 is 1.18 bits per heavy atom. The maximum Gasteiger partial charge on any atom is 0.337 e. The molecule has 4 rings (SSSR count). The van der Waals surface area contributed by atoms with E-state index in [9.17, 15) is 9.59 Å². The zero-order valence-corrected chi connectivity index (χ0v) is 16.2. The molecule has 152 valence electrons. The number of amides is 1. The molecule has 0 spiro atoms. The summed E-state index contributed by atoms with van der Waals surface area (Å²) in [7, 11) is 0. The molecule has 28 heavy (non-hydrogen) atoms. The molecular weight excluding hydrogens is 356 g/mol. The monoisotopic (exact) mass is 386 g/mol. The van der Waals surface area contributed by atoms with Gasteiger partial charge in [0, 0.05) is 36.8 Å². The van der Waals surface area contributed by atoms with E-state index in [1.165, 1.54) is 57.6 Å². The lowest BCUT2D eigenvalue weighted by Crippen LogP contribution is -2.33. The average molecular weight is 386 g/mol. The van der Waals surface area contributed by atoms with Crippen molar-refractivity contribution in [2.75, 3.05) is 0 Å². The van der Waals surface area contributed by atoms with Crippen molar-refractivity contribution in [1.29, 1.82) is 0 Å². The minimum atomic E-state index is -0.973. The second-order valence-electron chi connectivity index (χ2n) is 7.81. The molecule has 2 heterocycles. The number of H-pyrrole nitrogens is 1. The molecule has 0 unspecified atom stereocenters. The van der Waals surface area contributed by atoms with Crippen LogP contribution in [0, 0.1) is 5.92 Å². The number of carboxylic acid groups (broad SMARTS) is 1. The van der Waals surface area contributed by atoms with E-state index < -0.39 is 5.97 Å². The highest BCUT2D eigenvalue weighted by Gasteiger charge is 2.21. The number of aromatic nitrogens is 2. The number of hydrogen-bond donors (Lipinski definition) is 4. The van der Waals surface area contributed by atoms with Gasteiger partial charge in [0.05, 0.1) is 5.56 Å². The summed E-state index contributed by atoms with van der Waals surface area (Å²) in [5, 5.41) is 12.7. The summed E-state index contributed by atoms with van der Waals surface area (Å²) in [5.41, 5.74) is 7.07. The van der Waals surface area contributed by atoms with E-state index in [0.717, 1.165) is 12.0 Å². The third-order valence-corrected chi connectivity index (χ3v) is 5.78. The summed E-state index contributed by atoms with van der Waals surface area (Å²) < 4.78 is 0. The number of rotatable bonds is 5. The van der Waals surface area contributed by atoms with Gasteiger partial charge < -0.3 is 21.1 Å². The van der Waals surface area contributed by atoms with Crippen molar-refractivity contribution in [2.24, 2.45) is 11.7 Å². The van der Waals surface area contributed by atoms with Gasteiger partial charge in [-0.15, -0.1) is 0 Å². The quantitative estimate of drug-likeness (QED) is 0.628. The van der Waals surface area contributed by atoms with E-state index in [0.29, 0.717) is 35.4 Å². The summed E-state index contributed by atoms with van der Waals surface area (Å²) in [6.45, 7) is 0.303. The summed E-state index contributed by atoms with van der Waals surface area (Å²) in [6, 6.07) is 2.23. The van der Waals surface area contributed by atoms with Crippen LogP contribution in [0.4, 0.5) is 0 Å². The van der Waals surface area contributed by atoms with Gasteiger partial charge in [-0.1, -0.05) is 25.7 Å². The van der Waals surface area contributed by atoms with Crippen molar-refractivity contribution in [2.45, 2.75) is 70.4 Å². The van der Waals surface area contributed by atoms with Gasteiger partial charge in [0.1, 0.15) is 5.65 Å². The zero-order chi connectivity index (χ0) is 19.9. The first kappa shape index (κ1) is 20.3. The van der Waals surface area contributed by atoms with Gasteiger partial charge in [-0.25, -0.2) is 9.78 Å². The summed E-state index contributed by atoms with van der Waals surface area (Å²) in [6.07, 6.45) is 14.1. The van der Waals surface area contributed by atoms with Crippen LogP contribution in [0.15, 0.2) is 18.5 Å². The number of nitrogens with two attached hydrogens (primary N) is 1. The van der Waals surface area contributed by atoms with Gasteiger partial charge in [0.25, 0.3) is 0 Å². The molecule has 1 amide bonds. The molecule has 0 bridgehead atoms. The van der Waals surface area contributed by atoms with Crippen LogP contribution in [0.1, 0.15) is 73.7 Å². The predicted molar refractivity (Wildman–Crippen MR) is 108 cm³/mol. The molecule has 2 aromatic heterocycles. The highest BCUT2D eigenvalue weighted by molar-refractivity contribution is 6.03. The number of nitrogens with zero attached hydrogens (tertiary/aromatic N) is 1. The van der Waals surface area contributed by atoms with Crippen LogP contribution < -0.4 is 11.1 Å². The van der Waals surface area contributed by atoms with Crippen LogP contribution in [0.3, 0.4) is 0 Å². The van der Waals surface area contributed by atoms with Crippen LogP contribution in [0.2, 0.25) is 0 Å².